The lowest BCUT2D eigenvalue weighted by atomic mass is 10.1. The fraction of sp³-hybridized carbons (Fsp3) is 0.200. The third kappa shape index (κ3) is 3.88. The molecule has 1 N–H and O–H groups in total. The summed E-state index contributed by atoms with van der Waals surface area (Å²) in [5.74, 6) is -0.421. The lowest BCUT2D eigenvalue weighted by molar-refractivity contribution is -0.119. The van der Waals surface area contributed by atoms with Crippen LogP contribution in [0.5, 0.6) is 0 Å². The van der Waals surface area contributed by atoms with E-state index in [1.165, 1.54) is 16.7 Å². The van der Waals surface area contributed by atoms with Crippen LogP contribution in [-0.2, 0) is 9.59 Å². The Morgan fingerprint density at radius 3 is 2.41 bits per heavy atom. The highest BCUT2D eigenvalue weighted by molar-refractivity contribution is 8.04. The quantitative estimate of drug-likeness (QED) is 0.750. The summed E-state index contributed by atoms with van der Waals surface area (Å²) in [6, 6.07) is 14.1. The van der Waals surface area contributed by atoms with Crippen LogP contribution in [0, 0.1) is 0 Å². The number of anilines is 2. The average Bonchev–Trinajstić information content (AvgIpc) is 2.90. The number of halogens is 1. The van der Waals surface area contributed by atoms with Gasteiger partial charge in [-0.15, -0.1) is 11.8 Å². The van der Waals surface area contributed by atoms with Crippen molar-refractivity contribution in [3.8, 4) is 0 Å². The molecule has 0 saturated carbocycles. The van der Waals surface area contributed by atoms with Gasteiger partial charge in [-0.25, -0.2) is 4.90 Å². The normalized spacial score (nSPS) is 14.3. The Morgan fingerprint density at radius 2 is 1.78 bits per heavy atom. The number of rotatable bonds is 6. The van der Waals surface area contributed by atoms with Crippen molar-refractivity contribution in [3.63, 3.8) is 0 Å². The molecule has 2 aromatic carbocycles. The van der Waals surface area contributed by atoms with Crippen LogP contribution in [0.15, 0.2) is 53.4 Å². The molecule has 5 nitrogen and oxygen atoms in total. The van der Waals surface area contributed by atoms with Gasteiger partial charge in [-0.2, -0.15) is 0 Å². The first-order valence-electron chi connectivity index (χ1n) is 8.34. The smallest absolute Gasteiger partial charge is 0.272 e. The zero-order valence-corrected chi connectivity index (χ0v) is 16.5. The number of aliphatic hydroxyl groups is 1. The van der Waals surface area contributed by atoms with Gasteiger partial charge in [0.1, 0.15) is 0 Å². The van der Waals surface area contributed by atoms with E-state index in [0.29, 0.717) is 32.5 Å². The van der Waals surface area contributed by atoms with Crippen LogP contribution in [0.1, 0.15) is 5.56 Å². The molecule has 1 aliphatic rings. The maximum Gasteiger partial charge on any atom is 0.272 e. The number of amides is 2. The van der Waals surface area contributed by atoms with E-state index in [1.54, 1.807) is 36.4 Å². The number of thioether (sulfide) groups is 1. The lowest BCUT2D eigenvalue weighted by Crippen LogP contribution is -2.31. The van der Waals surface area contributed by atoms with Gasteiger partial charge >= 0.3 is 0 Å². The molecule has 27 heavy (non-hydrogen) atoms. The molecule has 0 radical (unpaired) electrons. The van der Waals surface area contributed by atoms with Gasteiger partial charge in [-0.3, -0.25) is 9.59 Å². The van der Waals surface area contributed by atoms with E-state index in [0.717, 1.165) is 5.69 Å². The van der Waals surface area contributed by atoms with E-state index in [9.17, 15) is 14.7 Å². The fourth-order valence-corrected chi connectivity index (χ4v) is 3.79. The molecular weight excluding hydrogens is 384 g/mol. The lowest BCUT2D eigenvalue weighted by Gasteiger charge is -2.19. The molecule has 140 valence electrons. The van der Waals surface area contributed by atoms with Gasteiger partial charge in [0.15, 0.2) is 0 Å². The first-order valence-corrected chi connectivity index (χ1v) is 9.70. The minimum absolute atomic E-state index is 0.0837. The van der Waals surface area contributed by atoms with Crippen molar-refractivity contribution in [2.45, 2.75) is 0 Å². The van der Waals surface area contributed by atoms with Crippen molar-refractivity contribution >= 4 is 52.1 Å². The van der Waals surface area contributed by atoms with Gasteiger partial charge in [-0.05, 0) is 35.9 Å². The molecule has 0 atom stereocenters. The van der Waals surface area contributed by atoms with Crippen molar-refractivity contribution < 1.29 is 14.7 Å². The topological polar surface area (TPSA) is 60.9 Å². The number of nitrogens with zero attached hydrogens (tertiary/aromatic N) is 2. The Kier molecular flexibility index (Phi) is 5.89. The molecule has 0 aliphatic carbocycles. The predicted octanol–water partition coefficient (Wildman–Crippen LogP) is 3.42. The molecule has 0 unspecified atom stereocenters. The van der Waals surface area contributed by atoms with Crippen molar-refractivity contribution in [2.75, 3.05) is 36.3 Å². The van der Waals surface area contributed by atoms with Crippen LogP contribution in [0.3, 0.4) is 0 Å². The maximum atomic E-state index is 13.2. The van der Waals surface area contributed by atoms with Crippen LogP contribution in [0.2, 0.25) is 5.02 Å². The van der Waals surface area contributed by atoms with Crippen LogP contribution in [0.4, 0.5) is 11.4 Å². The second-order valence-corrected chi connectivity index (χ2v) is 7.68. The van der Waals surface area contributed by atoms with Gasteiger partial charge < -0.3 is 10.0 Å². The molecule has 1 heterocycles. The Bertz CT molecular complexity index is 910. The van der Waals surface area contributed by atoms with Crippen molar-refractivity contribution in [3.05, 3.63) is 64.0 Å². The van der Waals surface area contributed by atoms with Crippen molar-refractivity contribution in [1.82, 2.24) is 0 Å². The maximum absolute atomic E-state index is 13.2. The number of carbonyl (C=O) groups excluding carboxylic acids is 2. The summed E-state index contributed by atoms with van der Waals surface area (Å²) in [6.45, 7) is -0.0837. The van der Waals surface area contributed by atoms with Crippen LogP contribution in [0.25, 0.3) is 5.57 Å². The van der Waals surface area contributed by atoms with E-state index in [2.05, 4.69) is 0 Å². The molecule has 0 aromatic heterocycles. The molecule has 1 aliphatic heterocycles. The summed E-state index contributed by atoms with van der Waals surface area (Å²) in [6.07, 6.45) is 0. The Balaban J connectivity index is 2.06. The highest BCUT2D eigenvalue weighted by Crippen LogP contribution is 2.39. The second kappa shape index (κ2) is 8.17. The van der Waals surface area contributed by atoms with Crippen LogP contribution in [-0.4, -0.2) is 43.4 Å². The molecule has 3 rings (SSSR count). The summed E-state index contributed by atoms with van der Waals surface area (Å²) in [7, 11) is 3.79. The molecule has 0 bridgehead atoms. The third-order valence-corrected chi connectivity index (χ3v) is 5.42. The number of imide groups is 1. The fourth-order valence-electron chi connectivity index (χ4n) is 2.81. The molecular formula is C20H19ClN2O3S. The number of benzene rings is 2. The minimum Gasteiger partial charge on any atom is -0.396 e. The Morgan fingerprint density at radius 1 is 1.07 bits per heavy atom. The summed E-state index contributed by atoms with van der Waals surface area (Å²) >= 11 is 7.14. The number of hydrogen-bond donors (Lipinski definition) is 1. The average molecular weight is 403 g/mol. The summed E-state index contributed by atoms with van der Waals surface area (Å²) in [4.78, 5) is 29.7. The molecule has 2 amide bonds. The zero-order valence-electron chi connectivity index (χ0n) is 15.0. The SMILES string of the molecule is CN(C)c1cccc(N2C(=O)C(SCCO)=C(c3ccc(Cl)cc3)C2=O)c1. The van der Waals surface area contributed by atoms with Gasteiger partial charge in [0.2, 0.25) is 0 Å². The van der Waals surface area contributed by atoms with Gasteiger partial charge in [-0.1, -0.05) is 29.8 Å². The molecule has 7 heteroatoms. The van der Waals surface area contributed by atoms with Crippen LogP contribution >= 0.6 is 23.4 Å². The largest absolute Gasteiger partial charge is 0.396 e. The molecule has 0 spiro atoms. The first-order chi connectivity index (χ1) is 12.9. The highest BCUT2D eigenvalue weighted by atomic mass is 35.5. The number of carbonyl (C=O) groups is 2. The van der Waals surface area contributed by atoms with Crippen LogP contribution < -0.4 is 9.80 Å². The molecule has 2 aromatic rings. The summed E-state index contributed by atoms with van der Waals surface area (Å²) in [5.41, 5.74) is 2.37. The first kappa shape index (κ1) is 19.5. The standard InChI is InChI=1S/C20H19ClN2O3S/c1-22(2)15-4-3-5-16(12-15)23-19(25)17(13-6-8-14(21)9-7-13)18(20(23)26)27-11-10-24/h3-9,12,24H,10-11H2,1-2H3. The minimum atomic E-state index is -0.376. The van der Waals surface area contributed by atoms with Gasteiger partial charge in [0.25, 0.3) is 11.8 Å². The van der Waals surface area contributed by atoms with Gasteiger partial charge in [0.05, 0.1) is 22.8 Å². The number of hydrogen-bond acceptors (Lipinski definition) is 5. The number of aliphatic hydroxyl groups excluding tert-OH is 1. The highest BCUT2D eigenvalue weighted by Gasteiger charge is 2.40. The Hall–Kier alpha value is -2.28. The van der Waals surface area contributed by atoms with E-state index in [-0.39, 0.29) is 18.4 Å². The van der Waals surface area contributed by atoms with Crippen molar-refractivity contribution in [1.29, 1.82) is 0 Å². The predicted molar refractivity (Wildman–Crippen MR) is 111 cm³/mol. The van der Waals surface area contributed by atoms with Crippen molar-refractivity contribution in [2.24, 2.45) is 0 Å². The van der Waals surface area contributed by atoms with E-state index < -0.39 is 0 Å². The summed E-state index contributed by atoms with van der Waals surface area (Å²) in [5, 5.41) is 9.73. The van der Waals surface area contributed by atoms with Gasteiger partial charge in [0, 0.05) is 30.6 Å². The molecule has 0 fully saturated rings. The zero-order chi connectivity index (χ0) is 19.6. The third-order valence-electron chi connectivity index (χ3n) is 4.12. The molecule has 0 saturated heterocycles. The second-order valence-electron chi connectivity index (χ2n) is 6.14. The van der Waals surface area contributed by atoms with E-state index in [4.69, 9.17) is 11.6 Å². The van der Waals surface area contributed by atoms with E-state index in [1.807, 2.05) is 31.1 Å². The Labute approximate surface area is 167 Å². The monoisotopic (exact) mass is 402 g/mol. The van der Waals surface area contributed by atoms with E-state index >= 15 is 0 Å². The summed E-state index contributed by atoms with van der Waals surface area (Å²) < 4.78 is 0.